The molecule has 0 bridgehead atoms. The quantitative estimate of drug-likeness (QED) is 0.477. The number of amides is 3. The average Bonchev–Trinajstić information content (AvgIpc) is 2.29. The summed E-state index contributed by atoms with van der Waals surface area (Å²) in [6.45, 7) is 0.785. The Hall–Kier alpha value is -0.810. The van der Waals surface area contributed by atoms with Crippen LogP contribution in [0.4, 0.5) is 4.79 Å². The van der Waals surface area contributed by atoms with Crippen LogP contribution in [0.2, 0.25) is 0 Å². The Bertz CT molecular complexity index is 238. The van der Waals surface area contributed by atoms with Crippen molar-refractivity contribution in [3.8, 4) is 0 Å². The van der Waals surface area contributed by atoms with Gasteiger partial charge in [0.2, 0.25) is 0 Å². The van der Waals surface area contributed by atoms with Gasteiger partial charge in [0, 0.05) is 0 Å². The molecular formula is C7H12ClN3O2. The summed E-state index contributed by atoms with van der Waals surface area (Å²) >= 11 is 0. The van der Waals surface area contributed by atoms with Gasteiger partial charge in [0.25, 0.3) is 5.91 Å². The van der Waals surface area contributed by atoms with E-state index in [1.165, 1.54) is 0 Å². The Morgan fingerprint density at radius 2 is 2.00 bits per heavy atom. The number of hydrogen-bond acceptors (Lipinski definition) is 3. The van der Waals surface area contributed by atoms with Gasteiger partial charge in [-0.1, -0.05) is 0 Å². The maximum absolute atomic E-state index is 11.3. The van der Waals surface area contributed by atoms with E-state index >= 15 is 0 Å². The van der Waals surface area contributed by atoms with Gasteiger partial charge >= 0.3 is 6.03 Å². The van der Waals surface area contributed by atoms with Gasteiger partial charge in [-0.15, -0.1) is 12.4 Å². The third-order valence-electron chi connectivity index (χ3n) is 2.35. The molecule has 1 atom stereocenters. The van der Waals surface area contributed by atoms with Crippen LogP contribution in [0.5, 0.6) is 0 Å². The predicted molar refractivity (Wildman–Crippen MR) is 48.5 cm³/mol. The zero-order valence-corrected chi connectivity index (χ0v) is 7.87. The molecule has 6 heteroatoms. The molecule has 0 aromatic rings. The minimum atomic E-state index is -0.796. The van der Waals surface area contributed by atoms with Gasteiger partial charge in [0.1, 0.15) is 0 Å². The smallest absolute Gasteiger partial charge is 0.311 e. The van der Waals surface area contributed by atoms with E-state index < -0.39 is 11.7 Å². The van der Waals surface area contributed by atoms with Crippen LogP contribution in [-0.2, 0) is 4.79 Å². The summed E-state index contributed by atoms with van der Waals surface area (Å²) < 4.78 is 0. The van der Waals surface area contributed by atoms with Crippen molar-refractivity contribution in [2.75, 3.05) is 6.54 Å². The first kappa shape index (κ1) is 10.3. The summed E-state index contributed by atoms with van der Waals surface area (Å²) in [6, 6.07) is -0.394. The van der Waals surface area contributed by atoms with E-state index in [9.17, 15) is 9.59 Å². The number of rotatable bonds is 0. The highest BCUT2D eigenvalue weighted by atomic mass is 35.5. The van der Waals surface area contributed by atoms with Gasteiger partial charge in [0.05, 0.1) is 0 Å². The molecule has 0 aliphatic carbocycles. The Morgan fingerprint density at radius 3 is 2.46 bits per heavy atom. The van der Waals surface area contributed by atoms with Crippen LogP contribution in [0.1, 0.15) is 19.3 Å². The lowest BCUT2D eigenvalue weighted by Gasteiger charge is -2.31. The summed E-state index contributed by atoms with van der Waals surface area (Å²) in [6.07, 6.45) is 2.72. The van der Waals surface area contributed by atoms with E-state index in [4.69, 9.17) is 0 Å². The number of urea groups is 1. The molecule has 74 valence electrons. The Labute approximate surface area is 82.0 Å². The van der Waals surface area contributed by atoms with Crippen molar-refractivity contribution < 1.29 is 9.59 Å². The molecule has 0 radical (unpaired) electrons. The first-order valence-electron chi connectivity index (χ1n) is 4.12. The van der Waals surface area contributed by atoms with Crippen LogP contribution < -0.4 is 16.0 Å². The van der Waals surface area contributed by atoms with Crippen LogP contribution in [0.15, 0.2) is 0 Å². The van der Waals surface area contributed by atoms with E-state index in [1.807, 2.05) is 0 Å². The first-order chi connectivity index (χ1) is 5.73. The van der Waals surface area contributed by atoms with Crippen molar-refractivity contribution in [2.24, 2.45) is 0 Å². The van der Waals surface area contributed by atoms with Crippen molar-refractivity contribution >= 4 is 24.3 Å². The summed E-state index contributed by atoms with van der Waals surface area (Å²) in [5, 5.41) is 7.86. The monoisotopic (exact) mass is 205 g/mol. The van der Waals surface area contributed by atoms with E-state index in [-0.39, 0.29) is 18.3 Å². The molecule has 3 N–H and O–H groups in total. The minimum absolute atomic E-state index is 0. The van der Waals surface area contributed by atoms with Crippen LogP contribution in [0, 0.1) is 0 Å². The molecule has 3 amide bonds. The summed E-state index contributed by atoms with van der Waals surface area (Å²) in [5.74, 6) is -0.243. The molecule has 2 aliphatic rings. The third-order valence-corrected chi connectivity index (χ3v) is 2.35. The third kappa shape index (κ3) is 1.62. The standard InChI is InChI=1S/C7H11N3O2.ClH/c11-5-7(10-6(12)9-5)3-1-2-4-8-7;/h8H,1-4H2,(H2,9,10,11,12);1H. The Morgan fingerprint density at radius 1 is 1.23 bits per heavy atom. The van der Waals surface area contributed by atoms with Gasteiger partial charge in [-0.25, -0.2) is 4.79 Å². The topological polar surface area (TPSA) is 70.2 Å². The molecule has 2 heterocycles. The summed E-state index contributed by atoms with van der Waals surface area (Å²) in [4.78, 5) is 22.1. The molecule has 2 aliphatic heterocycles. The van der Waals surface area contributed by atoms with Crippen molar-refractivity contribution in [1.29, 1.82) is 0 Å². The number of nitrogens with one attached hydrogen (secondary N) is 3. The number of piperidine rings is 1. The fraction of sp³-hybridized carbons (Fsp3) is 0.714. The van der Waals surface area contributed by atoms with E-state index in [0.717, 1.165) is 19.4 Å². The normalized spacial score (nSPS) is 32.3. The fourth-order valence-corrected chi connectivity index (χ4v) is 1.70. The zero-order valence-electron chi connectivity index (χ0n) is 7.05. The van der Waals surface area contributed by atoms with Crippen LogP contribution in [0.25, 0.3) is 0 Å². The van der Waals surface area contributed by atoms with Crippen molar-refractivity contribution in [1.82, 2.24) is 16.0 Å². The van der Waals surface area contributed by atoms with E-state index in [0.29, 0.717) is 6.42 Å². The number of carbonyl (C=O) groups is 2. The molecule has 0 aromatic carbocycles. The zero-order chi connectivity index (χ0) is 8.60. The van der Waals surface area contributed by atoms with Crippen molar-refractivity contribution in [2.45, 2.75) is 24.9 Å². The number of imide groups is 1. The maximum atomic E-state index is 11.3. The Balaban J connectivity index is 0.000000845. The molecule has 1 unspecified atom stereocenters. The molecular weight excluding hydrogens is 194 g/mol. The van der Waals surface area contributed by atoms with Crippen LogP contribution >= 0.6 is 12.4 Å². The highest BCUT2D eigenvalue weighted by molar-refractivity contribution is 6.06. The highest BCUT2D eigenvalue weighted by Crippen LogP contribution is 2.19. The van der Waals surface area contributed by atoms with Crippen molar-refractivity contribution in [3.63, 3.8) is 0 Å². The molecule has 13 heavy (non-hydrogen) atoms. The SMILES string of the molecule is Cl.O=C1NC(=O)C2(CCCCN2)N1. The Kier molecular flexibility index (Phi) is 2.77. The number of hydrogen-bond donors (Lipinski definition) is 3. The summed E-state index contributed by atoms with van der Waals surface area (Å²) in [5.41, 5.74) is -0.796. The van der Waals surface area contributed by atoms with Gasteiger partial charge in [-0.05, 0) is 25.8 Å². The molecule has 0 saturated carbocycles. The van der Waals surface area contributed by atoms with E-state index in [2.05, 4.69) is 16.0 Å². The fourth-order valence-electron chi connectivity index (χ4n) is 1.70. The lowest BCUT2D eigenvalue weighted by molar-refractivity contribution is -0.126. The molecule has 2 fully saturated rings. The number of carbonyl (C=O) groups excluding carboxylic acids is 2. The van der Waals surface area contributed by atoms with Gasteiger partial charge in [-0.3, -0.25) is 15.4 Å². The predicted octanol–water partition coefficient (Wildman–Crippen LogP) is -0.283. The van der Waals surface area contributed by atoms with Crippen molar-refractivity contribution in [3.05, 3.63) is 0 Å². The van der Waals surface area contributed by atoms with E-state index in [1.54, 1.807) is 0 Å². The second-order valence-corrected chi connectivity index (χ2v) is 3.20. The largest absolute Gasteiger partial charge is 0.323 e. The van der Waals surface area contributed by atoms with Crippen LogP contribution in [0.3, 0.4) is 0 Å². The lowest BCUT2D eigenvalue weighted by Crippen LogP contribution is -2.60. The maximum Gasteiger partial charge on any atom is 0.323 e. The van der Waals surface area contributed by atoms with Gasteiger partial charge in [0.15, 0.2) is 5.66 Å². The molecule has 5 nitrogen and oxygen atoms in total. The lowest BCUT2D eigenvalue weighted by atomic mass is 9.98. The molecule has 2 rings (SSSR count). The number of halogens is 1. The average molecular weight is 206 g/mol. The molecule has 1 spiro atoms. The second kappa shape index (κ2) is 3.51. The molecule has 0 aromatic heterocycles. The molecule has 2 saturated heterocycles. The minimum Gasteiger partial charge on any atom is -0.311 e. The van der Waals surface area contributed by atoms with Gasteiger partial charge < -0.3 is 5.32 Å². The summed E-state index contributed by atoms with van der Waals surface area (Å²) in [7, 11) is 0. The van der Waals surface area contributed by atoms with Crippen LogP contribution in [-0.4, -0.2) is 24.1 Å². The highest BCUT2D eigenvalue weighted by Gasteiger charge is 2.46. The van der Waals surface area contributed by atoms with Gasteiger partial charge in [-0.2, -0.15) is 0 Å². The first-order valence-corrected chi connectivity index (χ1v) is 4.12. The second-order valence-electron chi connectivity index (χ2n) is 3.20.